The summed E-state index contributed by atoms with van der Waals surface area (Å²) < 4.78 is 5.45. The number of hydrogen-bond acceptors (Lipinski definition) is 5. The van der Waals surface area contributed by atoms with Crippen LogP contribution in [0.4, 0.5) is 0 Å². The van der Waals surface area contributed by atoms with E-state index in [9.17, 15) is 19.8 Å². The quantitative estimate of drug-likeness (QED) is 0.0327. The summed E-state index contributed by atoms with van der Waals surface area (Å²) in [4.78, 5) is 24.4. The summed E-state index contributed by atoms with van der Waals surface area (Å²) >= 11 is 0. The number of hydrogen-bond donors (Lipinski definition) is 3. The van der Waals surface area contributed by atoms with Gasteiger partial charge in [-0.05, 0) is 57.8 Å². The molecule has 0 radical (unpaired) electrons. The average Bonchev–Trinajstić information content (AvgIpc) is 3.17. The second-order valence-electron chi connectivity index (χ2n) is 16.1. The molecule has 0 aromatic carbocycles. The van der Waals surface area contributed by atoms with E-state index in [0.29, 0.717) is 19.4 Å². The summed E-state index contributed by atoms with van der Waals surface area (Å²) in [6, 6.07) is -0.640. The molecular weight excluding hydrogens is 671 g/mol. The summed E-state index contributed by atoms with van der Waals surface area (Å²) in [5, 5.41) is 22.9. The number of rotatable bonds is 43. The number of unbranched alkanes of at least 4 members (excludes halogenated alkanes) is 30. The molecule has 54 heavy (non-hydrogen) atoms. The van der Waals surface area contributed by atoms with Crippen LogP contribution in [0.25, 0.3) is 0 Å². The molecule has 0 fully saturated rings. The maximum atomic E-state index is 12.4. The van der Waals surface area contributed by atoms with Gasteiger partial charge in [0, 0.05) is 12.8 Å². The van der Waals surface area contributed by atoms with Crippen LogP contribution in [0.3, 0.4) is 0 Å². The Kier molecular flexibility index (Phi) is 42.7. The maximum absolute atomic E-state index is 12.4. The third-order valence-corrected chi connectivity index (χ3v) is 10.7. The number of esters is 1. The molecule has 0 spiro atoms. The van der Waals surface area contributed by atoms with Crippen molar-refractivity contribution < 1.29 is 24.5 Å². The van der Waals surface area contributed by atoms with Gasteiger partial charge in [0.15, 0.2) is 0 Å². The van der Waals surface area contributed by atoms with E-state index in [1.165, 1.54) is 161 Å². The second-order valence-corrected chi connectivity index (χ2v) is 16.1. The van der Waals surface area contributed by atoms with E-state index in [-0.39, 0.29) is 18.5 Å². The van der Waals surface area contributed by atoms with Crippen molar-refractivity contribution in [2.24, 2.45) is 0 Å². The molecule has 1 amide bonds. The molecule has 6 heteroatoms. The summed E-state index contributed by atoms with van der Waals surface area (Å²) in [5.74, 6) is -0.114. The number of amides is 1. The van der Waals surface area contributed by atoms with Gasteiger partial charge in [0.1, 0.15) is 0 Å². The van der Waals surface area contributed by atoms with E-state index in [0.717, 1.165) is 57.8 Å². The number of aliphatic hydroxyl groups is 2. The van der Waals surface area contributed by atoms with E-state index in [1.807, 2.05) is 6.08 Å². The van der Waals surface area contributed by atoms with E-state index in [1.54, 1.807) is 6.08 Å². The van der Waals surface area contributed by atoms with Gasteiger partial charge in [-0.2, -0.15) is 0 Å². The molecule has 2 unspecified atom stereocenters. The van der Waals surface area contributed by atoms with Crippen molar-refractivity contribution in [1.82, 2.24) is 5.32 Å². The Hall–Kier alpha value is -1.66. The number of allylic oxidation sites excluding steroid dienone is 3. The van der Waals surface area contributed by atoms with E-state index in [4.69, 9.17) is 4.74 Å². The smallest absolute Gasteiger partial charge is 0.305 e. The first-order valence-electron chi connectivity index (χ1n) is 23.6. The van der Waals surface area contributed by atoms with Crippen LogP contribution < -0.4 is 5.32 Å². The molecule has 0 aromatic rings. The Morgan fingerprint density at radius 1 is 0.500 bits per heavy atom. The summed E-state index contributed by atoms with van der Waals surface area (Å²) in [6.45, 7) is 4.82. The minimum atomic E-state index is -0.854. The Balaban J connectivity index is 3.48. The lowest BCUT2D eigenvalue weighted by Gasteiger charge is -2.20. The van der Waals surface area contributed by atoms with E-state index < -0.39 is 12.1 Å². The van der Waals surface area contributed by atoms with Crippen LogP contribution in [0, 0.1) is 0 Å². The number of ether oxygens (including phenoxy) is 1. The van der Waals surface area contributed by atoms with Gasteiger partial charge in [-0.25, -0.2) is 0 Å². The molecule has 0 bridgehead atoms. The van der Waals surface area contributed by atoms with Crippen molar-refractivity contribution in [3.05, 3.63) is 24.3 Å². The normalized spacial score (nSPS) is 12.9. The molecule has 0 aliphatic rings. The van der Waals surface area contributed by atoms with Gasteiger partial charge >= 0.3 is 5.97 Å². The molecule has 0 aromatic heterocycles. The lowest BCUT2D eigenvalue weighted by atomic mass is 10.0. The predicted octanol–water partition coefficient (Wildman–Crippen LogP) is 13.6. The van der Waals surface area contributed by atoms with Crippen molar-refractivity contribution in [2.75, 3.05) is 13.2 Å². The van der Waals surface area contributed by atoms with Crippen LogP contribution in [-0.2, 0) is 14.3 Å². The molecule has 0 heterocycles. The minimum absolute atomic E-state index is 0.0238. The third kappa shape index (κ3) is 40.0. The number of nitrogens with one attached hydrogen (secondary N) is 1. The van der Waals surface area contributed by atoms with Crippen LogP contribution in [0.2, 0.25) is 0 Å². The summed E-state index contributed by atoms with van der Waals surface area (Å²) in [7, 11) is 0. The van der Waals surface area contributed by atoms with Gasteiger partial charge in [-0.1, -0.05) is 199 Å². The Morgan fingerprint density at radius 3 is 1.31 bits per heavy atom. The molecule has 0 aliphatic heterocycles. The number of aliphatic hydroxyl groups excluding tert-OH is 2. The second kappa shape index (κ2) is 44.1. The summed E-state index contributed by atoms with van der Waals surface area (Å²) in [6.07, 6.45) is 50.2. The zero-order valence-corrected chi connectivity index (χ0v) is 36.0. The summed E-state index contributed by atoms with van der Waals surface area (Å²) in [5.41, 5.74) is 0. The van der Waals surface area contributed by atoms with Gasteiger partial charge in [0.05, 0.1) is 25.4 Å². The zero-order valence-electron chi connectivity index (χ0n) is 36.0. The van der Waals surface area contributed by atoms with Crippen LogP contribution in [0.5, 0.6) is 0 Å². The van der Waals surface area contributed by atoms with Gasteiger partial charge in [0.2, 0.25) is 5.91 Å². The first-order chi connectivity index (χ1) is 26.5. The zero-order chi connectivity index (χ0) is 39.4. The maximum Gasteiger partial charge on any atom is 0.305 e. The Morgan fingerprint density at radius 2 is 0.870 bits per heavy atom. The lowest BCUT2D eigenvalue weighted by Crippen LogP contribution is -2.45. The van der Waals surface area contributed by atoms with Crippen LogP contribution >= 0.6 is 0 Å². The van der Waals surface area contributed by atoms with Crippen molar-refractivity contribution in [1.29, 1.82) is 0 Å². The molecule has 318 valence electrons. The van der Waals surface area contributed by atoms with Gasteiger partial charge < -0.3 is 20.3 Å². The highest BCUT2D eigenvalue weighted by atomic mass is 16.5. The van der Waals surface area contributed by atoms with Gasteiger partial charge in [-0.3, -0.25) is 9.59 Å². The average molecular weight is 762 g/mol. The monoisotopic (exact) mass is 762 g/mol. The lowest BCUT2D eigenvalue weighted by molar-refractivity contribution is -0.143. The number of carbonyl (C=O) groups is 2. The Bertz CT molecular complexity index is 843. The molecular formula is C48H91NO5. The SMILES string of the molecule is CCCCCCCCC/C=C\CCCCCCCC(=O)OCCCCCCCCCCCCCC(=O)NC(CO)C(O)/C=C/CCCCCCCCCC. The van der Waals surface area contributed by atoms with Crippen molar-refractivity contribution in [2.45, 2.75) is 257 Å². The molecule has 0 aliphatic carbocycles. The van der Waals surface area contributed by atoms with E-state index >= 15 is 0 Å². The highest BCUT2D eigenvalue weighted by molar-refractivity contribution is 5.76. The highest BCUT2D eigenvalue weighted by Crippen LogP contribution is 2.14. The first-order valence-corrected chi connectivity index (χ1v) is 23.6. The van der Waals surface area contributed by atoms with Gasteiger partial charge in [0.25, 0.3) is 0 Å². The van der Waals surface area contributed by atoms with Crippen molar-refractivity contribution in [3.8, 4) is 0 Å². The van der Waals surface area contributed by atoms with E-state index in [2.05, 4.69) is 31.3 Å². The highest BCUT2D eigenvalue weighted by Gasteiger charge is 2.18. The fraction of sp³-hybridized carbons (Fsp3) is 0.875. The predicted molar refractivity (Wildman–Crippen MR) is 232 cm³/mol. The molecule has 3 N–H and O–H groups in total. The largest absolute Gasteiger partial charge is 0.466 e. The molecule has 2 atom stereocenters. The number of carbonyl (C=O) groups excluding carboxylic acids is 2. The van der Waals surface area contributed by atoms with Gasteiger partial charge in [-0.15, -0.1) is 0 Å². The van der Waals surface area contributed by atoms with Crippen LogP contribution in [0.1, 0.15) is 245 Å². The van der Waals surface area contributed by atoms with Crippen LogP contribution in [-0.4, -0.2) is 47.4 Å². The fourth-order valence-corrected chi connectivity index (χ4v) is 7.04. The molecule has 0 saturated heterocycles. The minimum Gasteiger partial charge on any atom is -0.466 e. The topological polar surface area (TPSA) is 95.9 Å². The third-order valence-electron chi connectivity index (χ3n) is 10.7. The standard InChI is InChI=1S/C48H91NO5/c1-3-5-7-9-11-13-15-16-17-18-19-22-26-30-34-38-42-48(53)54-43-39-35-31-27-23-20-21-25-29-33-37-41-47(52)49-45(44-50)46(51)40-36-32-28-24-14-12-10-8-6-4-2/h17-18,36,40,45-46,50-51H,3-16,19-35,37-39,41-44H2,1-2H3,(H,49,52)/b18-17-,40-36+. The molecule has 0 rings (SSSR count). The van der Waals surface area contributed by atoms with Crippen molar-refractivity contribution in [3.63, 3.8) is 0 Å². The van der Waals surface area contributed by atoms with Crippen LogP contribution in [0.15, 0.2) is 24.3 Å². The van der Waals surface area contributed by atoms with Crippen molar-refractivity contribution >= 4 is 11.9 Å². The first kappa shape index (κ1) is 52.3. The fourth-order valence-electron chi connectivity index (χ4n) is 7.04. The molecule has 6 nitrogen and oxygen atoms in total. The Labute approximate surface area is 335 Å². The molecule has 0 saturated carbocycles.